The van der Waals surface area contributed by atoms with Gasteiger partial charge in [-0.15, -0.1) is 0 Å². The van der Waals surface area contributed by atoms with Crippen LogP contribution in [0.15, 0.2) is 12.1 Å². The summed E-state index contributed by atoms with van der Waals surface area (Å²) in [5.74, 6) is 1.11. The van der Waals surface area contributed by atoms with Crippen molar-refractivity contribution in [3.8, 4) is 11.5 Å². The summed E-state index contributed by atoms with van der Waals surface area (Å²) in [5, 5.41) is 6.31. The van der Waals surface area contributed by atoms with Crippen molar-refractivity contribution in [1.82, 2.24) is 15.5 Å². The SMILES string of the molecule is CNCc1cc(Cl)c(OCCN2CCNC2=O)c(OC)c1. The Labute approximate surface area is 129 Å². The minimum absolute atomic E-state index is 0.0546. The van der Waals surface area contributed by atoms with E-state index in [1.54, 1.807) is 12.0 Å². The lowest BCUT2D eigenvalue weighted by Gasteiger charge is -2.17. The summed E-state index contributed by atoms with van der Waals surface area (Å²) in [5.41, 5.74) is 1.02. The maximum absolute atomic E-state index is 11.4. The van der Waals surface area contributed by atoms with E-state index in [4.69, 9.17) is 21.1 Å². The highest BCUT2D eigenvalue weighted by Gasteiger charge is 2.19. The molecule has 0 bridgehead atoms. The van der Waals surface area contributed by atoms with Gasteiger partial charge in [-0.05, 0) is 24.7 Å². The van der Waals surface area contributed by atoms with Gasteiger partial charge in [-0.3, -0.25) is 0 Å². The monoisotopic (exact) mass is 313 g/mol. The Morgan fingerprint density at radius 2 is 2.29 bits per heavy atom. The Hall–Kier alpha value is -1.66. The quantitative estimate of drug-likeness (QED) is 0.800. The molecule has 1 aliphatic heterocycles. The van der Waals surface area contributed by atoms with Crippen LogP contribution in [0.25, 0.3) is 0 Å². The third-order valence-corrected chi connectivity index (χ3v) is 3.50. The van der Waals surface area contributed by atoms with E-state index in [-0.39, 0.29) is 6.03 Å². The number of ether oxygens (including phenoxy) is 2. The predicted octanol–water partition coefficient (Wildman–Crippen LogP) is 1.47. The first kappa shape index (κ1) is 15.7. The molecular formula is C14H20ClN3O3. The Balaban J connectivity index is 2.00. The molecule has 116 valence electrons. The number of hydrogen-bond acceptors (Lipinski definition) is 4. The van der Waals surface area contributed by atoms with Crippen molar-refractivity contribution in [2.24, 2.45) is 0 Å². The molecular weight excluding hydrogens is 294 g/mol. The number of rotatable bonds is 7. The van der Waals surface area contributed by atoms with Crippen molar-refractivity contribution in [3.63, 3.8) is 0 Å². The van der Waals surface area contributed by atoms with E-state index in [1.165, 1.54) is 0 Å². The average molecular weight is 314 g/mol. The Kier molecular flexibility index (Phi) is 5.52. The standard InChI is InChI=1S/C14H20ClN3O3/c1-16-9-10-7-11(15)13(12(8-10)20-2)21-6-5-18-4-3-17-14(18)19/h7-8,16H,3-6,9H2,1-2H3,(H,17,19). The number of carbonyl (C=O) groups excluding carboxylic acids is 1. The Bertz CT molecular complexity index is 510. The first-order valence-electron chi connectivity index (χ1n) is 6.82. The van der Waals surface area contributed by atoms with E-state index in [1.807, 2.05) is 19.2 Å². The molecule has 1 saturated heterocycles. The van der Waals surface area contributed by atoms with Crippen LogP contribution in [-0.4, -0.2) is 51.3 Å². The zero-order valence-corrected chi connectivity index (χ0v) is 13.0. The van der Waals surface area contributed by atoms with Gasteiger partial charge < -0.3 is 25.0 Å². The molecule has 0 radical (unpaired) electrons. The highest BCUT2D eigenvalue weighted by molar-refractivity contribution is 6.32. The summed E-state index contributed by atoms with van der Waals surface area (Å²) in [4.78, 5) is 13.1. The molecule has 0 unspecified atom stereocenters. The largest absolute Gasteiger partial charge is 0.493 e. The summed E-state index contributed by atoms with van der Waals surface area (Å²) in [6.45, 7) is 2.97. The number of hydrogen-bond donors (Lipinski definition) is 2. The van der Waals surface area contributed by atoms with Crippen LogP contribution in [0.2, 0.25) is 5.02 Å². The van der Waals surface area contributed by atoms with Gasteiger partial charge in [0.25, 0.3) is 0 Å². The minimum atomic E-state index is -0.0546. The van der Waals surface area contributed by atoms with Crippen molar-refractivity contribution in [3.05, 3.63) is 22.7 Å². The van der Waals surface area contributed by atoms with Crippen LogP contribution in [0.4, 0.5) is 4.79 Å². The van der Waals surface area contributed by atoms with E-state index in [0.717, 1.165) is 5.56 Å². The van der Waals surface area contributed by atoms with Gasteiger partial charge in [0, 0.05) is 19.6 Å². The van der Waals surface area contributed by atoms with Gasteiger partial charge in [0.15, 0.2) is 11.5 Å². The molecule has 1 aromatic carbocycles. The molecule has 0 spiro atoms. The summed E-state index contributed by atoms with van der Waals surface area (Å²) in [6, 6.07) is 3.68. The number of urea groups is 1. The molecule has 1 aliphatic rings. The summed E-state index contributed by atoms with van der Waals surface area (Å²) >= 11 is 6.25. The molecule has 1 aromatic rings. The van der Waals surface area contributed by atoms with E-state index < -0.39 is 0 Å². The fourth-order valence-electron chi connectivity index (χ4n) is 2.20. The first-order chi connectivity index (χ1) is 10.2. The van der Waals surface area contributed by atoms with Gasteiger partial charge >= 0.3 is 6.03 Å². The molecule has 2 rings (SSSR count). The molecule has 0 aliphatic carbocycles. The maximum Gasteiger partial charge on any atom is 0.317 e. The fraction of sp³-hybridized carbons (Fsp3) is 0.500. The summed E-state index contributed by atoms with van der Waals surface area (Å²) in [7, 11) is 3.45. The number of amides is 2. The van der Waals surface area contributed by atoms with Gasteiger partial charge in [0.1, 0.15) is 6.61 Å². The van der Waals surface area contributed by atoms with Crippen LogP contribution >= 0.6 is 11.6 Å². The number of benzene rings is 1. The second-order valence-electron chi connectivity index (χ2n) is 4.71. The number of carbonyl (C=O) groups is 1. The van der Waals surface area contributed by atoms with Crippen molar-refractivity contribution in [1.29, 1.82) is 0 Å². The van der Waals surface area contributed by atoms with Crippen LogP contribution in [0.1, 0.15) is 5.56 Å². The molecule has 2 amide bonds. The van der Waals surface area contributed by atoms with Crippen LogP contribution in [0.5, 0.6) is 11.5 Å². The van der Waals surface area contributed by atoms with Crippen molar-refractivity contribution in [2.75, 3.05) is 40.4 Å². The lowest BCUT2D eigenvalue weighted by Crippen LogP contribution is -2.31. The molecule has 0 atom stereocenters. The molecule has 7 heteroatoms. The van der Waals surface area contributed by atoms with Gasteiger partial charge in [-0.25, -0.2) is 4.79 Å². The zero-order chi connectivity index (χ0) is 15.2. The van der Waals surface area contributed by atoms with Crippen molar-refractivity contribution >= 4 is 17.6 Å². The van der Waals surface area contributed by atoms with E-state index >= 15 is 0 Å². The third-order valence-electron chi connectivity index (χ3n) is 3.22. The number of halogens is 1. The van der Waals surface area contributed by atoms with Crippen LogP contribution < -0.4 is 20.1 Å². The molecule has 21 heavy (non-hydrogen) atoms. The average Bonchev–Trinajstić information content (AvgIpc) is 2.86. The topological polar surface area (TPSA) is 62.8 Å². The van der Waals surface area contributed by atoms with Crippen LogP contribution in [0, 0.1) is 0 Å². The Morgan fingerprint density at radius 3 is 2.90 bits per heavy atom. The summed E-state index contributed by atoms with van der Waals surface area (Å²) in [6.07, 6.45) is 0. The first-order valence-corrected chi connectivity index (χ1v) is 7.20. The molecule has 0 saturated carbocycles. The lowest BCUT2D eigenvalue weighted by atomic mass is 10.2. The van der Waals surface area contributed by atoms with Gasteiger partial charge in [0.05, 0.1) is 18.7 Å². The second kappa shape index (κ2) is 7.38. The van der Waals surface area contributed by atoms with Crippen LogP contribution in [-0.2, 0) is 6.54 Å². The predicted molar refractivity (Wildman–Crippen MR) is 81.2 cm³/mol. The second-order valence-corrected chi connectivity index (χ2v) is 5.11. The fourth-order valence-corrected chi connectivity index (χ4v) is 2.49. The molecule has 1 fully saturated rings. The number of nitrogens with one attached hydrogen (secondary N) is 2. The normalized spacial score (nSPS) is 14.2. The van der Waals surface area contributed by atoms with E-state index in [2.05, 4.69) is 10.6 Å². The van der Waals surface area contributed by atoms with Gasteiger partial charge in [-0.2, -0.15) is 0 Å². The van der Waals surface area contributed by atoms with Crippen molar-refractivity contribution < 1.29 is 14.3 Å². The van der Waals surface area contributed by atoms with Crippen molar-refractivity contribution in [2.45, 2.75) is 6.54 Å². The smallest absolute Gasteiger partial charge is 0.317 e. The highest BCUT2D eigenvalue weighted by atomic mass is 35.5. The number of methoxy groups -OCH3 is 1. The van der Waals surface area contributed by atoms with E-state index in [9.17, 15) is 4.79 Å². The molecule has 6 nitrogen and oxygen atoms in total. The lowest BCUT2D eigenvalue weighted by molar-refractivity contribution is 0.201. The third kappa shape index (κ3) is 3.92. The van der Waals surface area contributed by atoms with Gasteiger partial charge in [0.2, 0.25) is 0 Å². The van der Waals surface area contributed by atoms with Gasteiger partial charge in [-0.1, -0.05) is 11.6 Å². The summed E-state index contributed by atoms with van der Waals surface area (Å²) < 4.78 is 11.0. The molecule has 2 N–H and O–H groups in total. The minimum Gasteiger partial charge on any atom is -0.493 e. The Morgan fingerprint density at radius 1 is 1.48 bits per heavy atom. The molecule has 1 heterocycles. The zero-order valence-electron chi connectivity index (χ0n) is 12.2. The molecule has 0 aromatic heterocycles. The number of nitrogens with zero attached hydrogens (tertiary/aromatic N) is 1. The van der Waals surface area contributed by atoms with E-state index in [0.29, 0.717) is 49.3 Å². The highest BCUT2D eigenvalue weighted by Crippen LogP contribution is 2.36. The maximum atomic E-state index is 11.4. The van der Waals surface area contributed by atoms with Crippen LogP contribution in [0.3, 0.4) is 0 Å².